The van der Waals surface area contributed by atoms with E-state index in [2.05, 4.69) is 5.32 Å². The van der Waals surface area contributed by atoms with Gasteiger partial charge >= 0.3 is 5.97 Å². The van der Waals surface area contributed by atoms with Crippen LogP contribution in [-0.4, -0.2) is 44.3 Å². The summed E-state index contributed by atoms with van der Waals surface area (Å²) < 4.78 is 57.8. The van der Waals surface area contributed by atoms with E-state index >= 15 is 0 Å². The Labute approximate surface area is 166 Å². The summed E-state index contributed by atoms with van der Waals surface area (Å²) in [7, 11) is -3.70. The number of amides is 1. The van der Waals surface area contributed by atoms with Crippen molar-refractivity contribution in [3.8, 4) is 0 Å². The zero-order chi connectivity index (χ0) is 21.0. The summed E-state index contributed by atoms with van der Waals surface area (Å²) in [4.78, 5) is 24.0. The number of carbonyl (C=O) groups excluding carboxylic acids is 2. The highest BCUT2D eigenvalue weighted by molar-refractivity contribution is 7.89. The fourth-order valence-electron chi connectivity index (χ4n) is 2.85. The summed E-state index contributed by atoms with van der Waals surface area (Å²) in [5.41, 5.74) is -0.294. The Hall–Kier alpha value is -2.85. The van der Waals surface area contributed by atoms with Crippen LogP contribution in [0.1, 0.15) is 23.2 Å². The molecule has 0 unspecified atom stereocenters. The van der Waals surface area contributed by atoms with Gasteiger partial charge in [0.2, 0.25) is 10.0 Å². The normalized spacial score (nSPS) is 14.6. The molecule has 0 radical (unpaired) electrons. The van der Waals surface area contributed by atoms with Crippen LogP contribution in [0.15, 0.2) is 47.4 Å². The quantitative estimate of drug-likeness (QED) is 0.720. The first-order valence-electron chi connectivity index (χ1n) is 8.79. The first-order valence-corrected chi connectivity index (χ1v) is 10.2. The third kappa shape index (κ3) is 4.96. The largest absolute Gasteiger partial charge is 0.452 e. The summed E-state index contributed by atoms with van der Waals surface area (Å²) in [6, 6.07) is 7.96. The predicted molar refractivity (Wildman–Crippen MR) is 99.7 cm³/mol. The molecule has 0 atom stereocenters. The lowest BCUT2D eigenvalue weighted by Crippen LogP contribution is -2.28. The van der Waals surface area contributed by atoms with Gasteiger partial charge in [0, 0.05) is 19.2 Å². The minimum atomic E-state index is -3.70. The van der Waals surface area contributed by atoms with Gasteiger partial charge in [0.05, 0.1) is 16.1 Å². The van der Waals surface area contributed by atoms with Crippen LogP contribution in [0.5, 0.6) is 0 Å². The Morgan fingerprint density at radius 2 is 1.79 bits per heavy atom. The number of esters is 1. The monoisotopic (exact) mass is 424 g/mol. The molecule has 1 aliphatic heterocycles. The van der Waals surface area contributed by atoms with Crippen LogP contribution in [0.4, 0.5) is 14.5 Å². The van der Waals surface area contributed by atoms with Crippen molar-refractivity contribution < 1.29 is 31.5 Å². The third-order valence-electron chi connectivity index (χ3n) is 4.31. The maximum absolute atomic E-state index is 13.5. The van der Waals surface area contributed by atoms with E-state index in [1.54, 1.807) is 0 Å². The van der Waals surface area contributed by atoms with Gasteiger partial charge in [-0.05, 0) is 43.2 Å². The van der Waals surface area contributed by atoms with Gasteiger partial charge in [-0.25, -0.2) is 22.0 Å². The molecule has 2 aromatic carbocycles. The number of anilines is 1. The lowest BCUT2D eigenvalue weighted by atomic mass is 10.2. The summed E-state index contributed by atoms with van der Waals surface area (Å²) in [6.07, 6.45) is 1.56. The van der Waals surface area contributed by atoms with Gasteiger partial charge in [-0.2, -0.15) is 4.31 Å². The highest BCUT2D eigenvalue weighted by Gasteiger charge is 2.27. The highest BCUT2D eigenvalue weighted by Crippen LogP contribution is 2.22. The third-order valence-corrected chi connectivity index (χ3v) is 6.21. The van der Waals surface area contributed by atoms with Gasteiger partial charge in [0.25, 0.3) is 5.91 Å². The van der Waals surface area contributed by atoms with Crippen LogP contribution in [0, 0.1) is 11.6 Å². The average molecular weight is 424 g/mol. The molecule has 7 nitrogen and oxygen atoms in total. The second-order valence-corrected chi connectivity index (χ2v) is 8.33. The van der Waals surface area contributed by atoms with E-state index in [0.29, 0.717) is 19.2 Å². The van der Waals surface area contributed by atoms with E-state index in [4.69, 9.17) is 4.74 Å². The number of halogens is 2. The lowest BCUT2D eigenvalue weighted by Gasteiger charge is -2.15. The van der Waals surface area contributed by atoms with Gasteiger partial charge in [0.15, 0.2) is 6.61 Å². The van der Waals surface area contributed by atoms with Crippen molar-refractivity contribution in [2.75, 3.05) is 25.0 Å². The molecular weight excluding hydrogens is 406 g/mol. The SMILES string of the molecule is O=C(COC(=O)c1cccc(S(=O)(=O)N2CCCC2)c1)Nc1ccc(F)cc1F. The number of benzene rings is 2. The molecular formula is C19H18F2N2O5S. The van der Waals surface area contributed by atoms with E-state index in [0.717, 1.165) is 25.0 Å². The van der Waals surface area contributed by atoms with E-state index < -0.39 is 40.1 Å². The molecule has 29 heavy (non-hydrogen) atoms. The number of carbonyl (C=O) groups is 2. The van der Waals surface area contributed by atoms with Crippen molar-refractivity contribution in [1.29, 1.82) is 0 Å². The minimum absolute atomic E-state index is 0.0355. The Balaban J connectivity index is 1.63. The maximum Gasteiger partial charge on any atom is 0.338 e. The molecule has 10 heteroatoms. The molecule has 1 amide bonds. The van der Waals surface area contributed by atoms with Crippen molar-refractivity contribution in [1.82, 2.24) is 4.31 Å². The standard InChI is InChI=1S/C19H18F2N2O5S/c20-14-6-7-17(16(21)11-14)22-18(24)12-28-19(25)13-4-3-5-15(10-13)29(26,27)23-8-1-2-9-23/h3-7,10-11H,1-2,8-9,12H2,(H,22,24). The van der Waals surface area contributed by atoms with Crippen LogP contribution in [0.25, 0.3) is 0 Å². The number of nitrogens with zero attached hydrogens (tertiary/aromatic N) is 1. The molecule has 1 N–H and O–H groups in total. The molecule has 0 aliphatic carbocycles. The molecule has 1 heterocycles. The highest BCUT2D eigenvalue weighted by atomic mass is 32.2. The molecule has 0 saturated carbocycles. The smallest absolute Gasteiger partial charge is 0.338 e. The molecule has 1 fully saturated rings. The number of rotatable bonds is 6. The summed E-state index contributed by atoms with van der Waals surface area (Å²) >= 11 is 0. The van der Waals surface area contributed by atoms with Crippen LogP contribution < -0.4 is 5.32 Å². The fraction of sp³-hybridized carbons (Fsp3) is 0.263. The maximum atomic E-state index is 13.5. The van der Waals surface area contributed by atoms with Crippen molar-refractivity contribution in [3.05, 3.63) is 59.7 Å². The van der Waals surface area contributed by atoms with Crippen LogP contribution in [0.2, 0.25) is 0 Å². The summed E-state index contributed by atoms with van der Waals surface area (Å²) in [5.74, 6) is -3.50. The Morgan fingerprint density at radius 3 is 2.48 bits per heavy atom. The van der Waals surface area contributed by atoms with Crippen molar-refractivity contribution in [2.24, 2.45) is 0 Å². The predicted octanol–water partition coefficient (Wildman–Crippen LogP) is 2.54. The molecule has 2 aromatic rings. The van der Waals surface area contributed by atoms with E-state index in [1.807, 2.05) is 0 Å². The zero-order valence-electron chi connectivity index (χ0n) is 15.2. The first-order chi connectivity index (χ1) is 13.8. The van der Waals surface area contributed by atoms with E-state index in [-0.39, 0.29) is 16.1 Å². The first kappa shape index (κ1) is 20.9. The van der Waals surface area contributed by atoms with Crippen LogP contribution in [-0.2, 0) is 19.6 Å². The fourth-order valence-corrected chi connectivity index (χ4v) is 4.42. The molecule has 154 valence electrons. The van der Waals surface area contributed by atoms with Crippen molar-refractivity contribution in [3.63, 3.8) is 0 Å². The second-order valence-electron chi connectivity index (χ2n) is 6.39. The van der Waals surface area contributed by atoms with Crippen LogP contribution >= 0.6 is 0 Å². The van der Waals surface area contributed by atoms with Gasteiger partial charge in [-0.15, -0.1) is 0 Å². The molecule has 1 saturated heterocycles. The Morgan fingerprint density at radius 1 is 1.07 bits per heavy atom. The van der Waals surface area contributed by atoms with Gasteiger partial charge in [-0.3, -0.25) is 4.79 Å². The van der Waals surface area contributed by atoms with Crippen LogP contribution in [0.3, 0.4) is 0 Å². The van der Waals surface area contributed by atoms with Gasteiger partial charge < -0.3 is 10.1 Å². The minimum Gasteiger partial charge on any atom is -0.452 e. The molecule has 0 aromatic heterocycles. The Kier molecular flexibility index (Phi) is 6.23. The van der Waals surface area contributed by atoms with E-state index in [9.17, 15) is 26.8 Å². The lowest BCUT2D eigenvalue weighted by molar-refractivity contribution is -0.119. The van der Waals surface area contributed by atoms with E-state index in [1.165, 1.54) is 28.6 Å². The van der Waals surface area contributed by atoms with Gasteiger partial charge in [0.1, 0.15) is 11.6 Å². The number of hydrogen-bond donors (Lipinski definition) is 1. The molecule has 0 spiro atoms. The van der Waals surface area contributed by atoms with Crippen molar-refractivity contribution >= 4 is 27.6 Å². The number of sulfonamides is 1. The second kappa shape index (κ2) is 8.66. The Bertz CT molecular complexity index is 1040. The molecule has 1 aliphatic rings. The number of ether oxygens (including phenoxy) is 1. The molecule has 3 rings (SSSR count). The zero-order valence-corrected chi connectivity index (χ0v) is 16.0. The average Bonchev–Trinajstić information content (AvgIpc) is 3.24. The van der Waals surface area contributed by atoms with Gasteiger partial charge in [-0.1, -0.05) is 6.07 Å². The topological polar surface area (TPSA) is 92.8 Å². The summed E-state index contributed by atoms with van der Waals surface area (Å²) in [6.45, 7) is 0.132. The number of hydrogen-bond acceptors (Lipinski definition) is 5. The van der Waals surface area contributed by atoms with Crippen molar-refractivity contribution in [2.45, 2.75) is 17.7 Å². The summed E-state index contributed by atoms with van der Waals surface area (Å²) in [5, 5.41) is 2.16. The number of nitrogens with one attached hydrogen (secondary N) is 1. The molecule has 0 bridgehead atoms.